The number of nitrogens with zero attached hydrogens (tertiary/aromatic N) is 2. The van der Waals surface area contributed by atoms with Gasteiger partial charge >= 0.3 is 6.18 Å². The summed E-state index contributed by atoms with van der Waals surface area (Å²) in [6.45, 7) is 1.85. The molecule has 0 radical (unpaired) electrons. The van der Waals surface area contributed by atoms with E-state index in [2.05, 4.69) is 5.32 Å². The standard InChI is InChI=1S/C21H24F3N3O2/c1-15(20(29)27(3)13-16-9-5-4-6-10-16)26(2)14-19(28)25-18-12-8-7-11-17(18)21(22,23)24/h4-12,15H,13-14H2,1-3H3,(H,25,28). The zero-order chi connectivity index (χ0) is 21.6. The summed E-state index contributed by atoms with van der Waals surface area (Å²) in [4.78, 5) is 27.9. The van der Waals surface area contributed by atoms with Crippen LogP contribution in [-0.2, 0) is 22.3 Å². The third-order valence-corrected chi connectivity index (χ3v) is 4.56. The molecule has 2 rings (SSSR count). The Balaban J connectivity index is 1.96. The first kappa shape index (κ1) is 22.4. The molecule has 1 unspecified atom stereocenters. The highest BCUT2D eigenvalue weighted by Crippen LogP contribution is 2.34. The van der Waals surface area contributed by atoms with E-state index in [0.717, 1.165) is 11.6 Å². The minimum Gasteiger partial charge on any atom is -0.340 e. The summed E-state index contributed by atoms with van der Waals surface area (Å²) in [6, 6.07) is 13.6. The molecule has 0 saturated carbocycles. The van der Waals surface area contributed by atoms with Crippen LogP contribution < -0.4 is 5.32 Å². The summed E-state index contributed by atoms with van der Waals surface area (Å²) >= 11 is 0. The first-order valence-electron chi connectivity index (χ1n) is 9.05. The highest BCUT2D eigenvalue weighted by Gasteiger charge is 2.33. The summed E-state index contributed by atoms with van der Waals surface area (Å²) in [7, 11) is 3.24. The minimum atomic E-state index is -4.57. The number of hydrogen-bond acceptors (Lipinski definition) is 3. The Bertz CT molecular complexity index is 841. The number of carbonyl (C=O) groups excluding carboxylic acids is 2. The third-order valence-electron chi connectivity index (χ3n) is 4.56. The maximum Gasteiger partial charge on any atom is 0.418 e. The number of nitrogens with one attached hydrogen (secondary N) is 1. The number of carbonyl (C=O) groups is 2. The van der Waals surface area contributed by atoms with E-state index < -0.39 is 23.7 Å². The van der Waals surface area contributed by atoms with Crippen LogP contribution in [-0.4, -0.2) is 48.3 Å². The Morgan fingerprint density at radius 1 is 1.00 bits per heavy atom. The van der Waals surface area contributed by atoms with Crippen LogP contribution in [0.3, 0.4) is 0 Å². The van der Waals surface area contributed by atoms with E-state index in [4.69, 9.17) is 0 Å². The van der Waals surface area contributed by atoms with Crippen molar-refractivity contribution in [2.45, 2.75) is 25.7 Å². The second-order valence-corrected chi connectivity index (χ2v) is 6.86. The lowest BCUT2D eigenvalue weighted by Crippen LogP contribution is -2.46. The van der Waals surface area contributed by atoms with Crippen molar-refractivity contribution in [1.29, 1.82) is 0 Å². The quantitative estimate of drug-likeness (QED) is 0.763. The van der Waals surface area contributed by atoms with Crippen LogP contribution in [0.5, 0.6) is 0 Å². The van der Waals surface area contributed by atoms with E-state index in [1.54, 1.807) is 25.9 Å². The summed E-state index contributed by atoms with van der Waals surface area (Å²) in [5.41, 5.74) is -0.249. The number of alkyl halides is 3. The molecule has 2 aromatic carbocycles. The van der Waals surface area contributed by atoms with E-state index in [1.165, 1.54) is 23.1 Å². The number of benzene rings is 2. The molecule has 8 heteroatoms. The van der Waals surface area contributed by atoms with Crippen molar-refractivity contribution in [2.24, 2.45) is 0 Å². The van der Waals surface area contributed by atoms with E-state index >= 15 is 0 Å². The molecule has 1 N–H and O–H groups in total. The van der Waals surface area contributed by atoms with Gasteiger partial charge in [0.05, 0.1) is 23.8 Å². The van der Waals surface area contributed by atoms with E-state index in [1.807, 2.05) is 30.3 Å². The summed E-state index contributed by atoms with van der Waals surface area (Å²) in [5.74, 6) is -0.825. The number of rotatable bonds is 7. The van der Waals surface area contributed by atoms with Crippen molar-refractivity contribution in [3.63, 3.8) is 0 Å². The molecule has 5 nitrogen and oxygen atoms in total. The zero-order valence-electron chi connectivity index (χ0n) is 16.5. The van der Waals surface area contributed by atoms with Gasteiger partial charge in [-0.3, -0.25) is 14.5 Å². The molecule has 29 heavy (non-hydrogen) atoms. The summed E-state index contributed by atoms with van der Waals surface area (Å²) < 4.78 is 39.2. The Morgan fingerprint density at radius 2 is 1.59 bits per heavy atom. The molecule has 0 spiro atoms. The van der Waals surface area contributed by atoms with Gasteiger partial charge in [0, 0.05) is 13.6 Å². The Hall–Kier alpha value is -2.87. The molecule has 0 fully saturated rings. The van der Waals surface area contributed by atoms with Crippen LogP contribution >= 0.6 is 0 Å². The average Bonchev–Trinajstić information content (AvgIpc) is 2.67. The number of halogens is 3. The van der Waals surface area contributed by atoms with Gasteiger partial charge in [-0.1, -0.05) is 42.5 Å². The normalized spacial score (nSPS) is 12.5. The first-order chi connectivity index (χ1) is 13.6. The molecule has 0 bridgehead atoms. The van der Waals surface area contributed by atoms with Gasteiger partial charge in [-0.15, -0.1) is 0 Å². The van der Waals surface area contributed by atoms with Gasteiger partial charge in [0.1, 0.15) is 0 Å². The van der Waals surface area contributed by atoms with Crippen molar-refractivity contribution in [2.75, 3.05) is 26.0 Å². The van der Waals surface area contributed by atoms with Crippen molar-refractivity contribution in [1.82, 2.24) is 9.80 Å². The first-order valence-corrected chi connectivity index (χ1v) is 9.05. The van der Waals surface area contributed by atoms with Crippen LogP contribution in [0, 0.1) is 0 Å². The fourth-order valence-corrected chi connectivity index (χ4v) is 2.84. The number of anilines is 1. The number of amides is 2. The maximum absolute atomic E-state index is 13.1. The van der Waals surface area contributed by atoms with E-state index in [-0.39, 0.29) is 18.1 Å². The molecular weight excluding hydrogens is 383 g/mol. The molecule has 1 atom stereocenters. The van der Waals surface area contributed by atoms with Gasteiger partial charge in [-0.2, -0.15) is 13.2 Å². The average molecular weight is 407 g/mol. The summed E-state index contributed by atoms with van der Waals surface area (Å²) in [5, 5.41) is 2.29. The highest BCUT2D eigenvalue weighted by atomic mass is 19.4. The Kier molecular flexibility index (Phi) is 7.39. The molecule has 0 aliphatic rings. The van der Waals surface area contributed by atoms with Crippen molar-refractivity contribution in [3.05, 3.63) is 65.7 Å². The third kappa shape index (κ3) is 6.32. The second-order valence-electron chi connectivity index (χ2n) is 6.86. The van der Waals surface area contributed by atoms with Crippen LogP contribution in [0.15, 0.2) is 54.6 Å². The highest BCUT2D eigenvalue weighted by molar-refractivity contribution is 5.93. The zero-order valence-corrected chi connectivity index (χ0v) is 16.5. The molecule has 156 valence electrons. The van der Waals surface area contributed by atoms with Crippen molar-refractivity contribution >= 4 is 17.5 Å². The van der Waals surface area contributed by atoms with Crippen molar-refractivity contribution in [3.8, 4) is 0 Å². The van der Waals surface area contributed by atoms with Gasteiger partial charge in [0.15, 0.2) is 0 Å². The molecule has 0 saturated heterocycles. The molecular formula is C21H24F3N3O2. The second kappa shape index (κ2) is 9.56. The van der Waals surface area contributed by atoms with Crippen LogP contribution in [0.1, 0.15) is 18.1 Å². The predicted octanol–water partition coefficient (Wildman–Crippen LogP) is 3.62. The van der Waals surface area contributed by atoms with E-state index in [0.29, 0.717) is 6.54 Å². The largest absolute Gasteiger partial charge is 0.418 e. The van der Waals surface area contributed by atoms with Gasteiger partial charge in [0.25, 0.3) is 0 Å². The fourth-order valence-electron chi connectivity index (χ4n) is 2.84. The Morgan fingerprint density at radius 3 is 2.21 bits per heavy atom. The summed E-state index contributed by atoms with van der Waals surface area (Å²) in [6.07, 6.45) is -4.57. The molecule has 2 amide bonds. The van der Waals surface area contributed by atoms with Gasteiger partial charge in [0.2, 0.25) is 11.8 Å². The predicted molar refractivity (Wildman–Crippen MR) is 105 cm³/mol. The monoisotopic (exact) mass is 407 g/mol. The number of hydrogen-bond donors (Lipinski definition) is 1. The van der Waals surface area contributed by atoms with Gasteiger partial charge in [-0.05, 0) is 31.7 Å². The number of para-hydroxylation sites is 1. The van der Waals surface area contributed by atoms with Crippen molar-refractivity contribution < 1.29 is 22.8 Å². The van der Waals surface area contributed by atoms with E-state index in [9.17, 15) is 22.8 Å². The van der Waals surface area contributed by atoms with Crippen LogP contribution in [0.2, 0.25) is 0 Å². The SMILES string of the molecule is CC(C(=O)N(C)Cc1ccccc1)N(C)CC(=O)Nc1ccccc1C(F)(F)F. The maximum atomic E-state index is 13.1. The Labute approximate surface area is 168 Å². The fraction of sp³-hybridized carbons (Fsp3) is 0.333. The molecule has 0 heterocycles. The number of likely N-dealkylation sites (N-methyl/N-ethyl adjacent to an activating group) is 2. The van der Waals surface area contributed by atoms with Crippen LogP contribution in [0.25, 0.3) is 0 Å². The lowest BCUT2D eigenvalue weighted by atomic mass is 10.1. The lowest BCUT2D eigenvalue weighted by molar-refractivity contribution is -0.137. The molecule has 2 aromatic rings. The van der Waals surface area contributed by atoms with Gasteiger partial charge < -0.3 is 10.2 Å². The lowest BCUT2D eigenvalue weighted by Gasteiger charge is -2.28. The van der Waals surface area contributed by atoms with Gasteiger partial charge in [-0.25, -0.2) is 0 Å². The topological polar surface area (TPSA) is 52.7 Å². The molecule has 0 aliphatic carbocycles. The minimum absolute atomic E-state index is 0.195. The molecule has 0 aliphatic heterocycles. The van der Waals surface area contributed by atoms with Crippen LogP contribution in [0.4, 0.5) is 18.9 Å². The smallest absolute Gasteiger partial charge is 0.340 e. The molecule has 0 aromatic heterocycles.